The van der Waals surface area contributed by atoms with Gasteiger partial charge in [-0.1, -0.05) is 17.3 Å². The van der Waals surface area contributed by atoms with Gasteiger partial charge < -0.3 is 24.9 Å². The molecule has 2 N–H and O–H groups in total. The summed E-state index contributed by atoms with van der Waals surface area (Å²) >= 11 is 0. The van der Waals surface area contributed by atoms with Crippen molar-refractivity contribution in [1.82, 2.24) is 20.6 Å². The number of ether oxygens (including phenoxy) is 2. The number of rotatable bonds is 7. The molecule has 3 atom stereocenters. The Morgan fingerprint density at radius 1 is 1.09 bits per heavy atom. The zero-order valence-electron chi connectivity index (χ0n) is 19.8. The number of halogens is 1. The van der Waals surface area contributed by atoms with Crippen molar-refractivity contribution in [3.8, 4) is 0 Å². The largest absolute Gasteiger partial charge is 0.389 e. The van der Waals surface area contributed by atoms with Gasteiger partial charge in [-0.2, -0.15) is 0 Å². The number of aryl methyl sites for hydroxylation is 2. The Kier molecular flexibility index (Phi) is 7.67. The molecule has 0 spiro atoms. The Bertz CT molecular complexity index is 1130. The van der Waals surface area contributed by atoms with Gasteiger partial charge in [0.05, 0.1) is 25.0 Å². The molecule has 2 aromatic rings. The first-order valence-electron chi connectivity index (χ1n) is 11.4. The van der Waals surface area contributed by atoms with Crippen molar-refractivity contribution in [3.63, 3.8) is 0 Å². The van der Waals surface area contributed by atoms with E-state index in [2.05, 4.69) is 25.8 Å². The molecule has 1 unspecified atom stereocenters. The van der Waals surface area contributed by atoms with Crippen molar-refractivity contribution >= 4 is 17.5 Å². The molecule has 0 aliphatic carbocycles. The summed E-state index contributed by atoms with van der Waals surface area (Å²) in [6, 6.07) is 6.27. The summed E-state index contributed by atoms with van der Waals surface area (Å²) in [4.78, 5) is 38.0. The molecule has 1 aromatic carbocycles. The van der Waals surface area contributed by atoms with Crippen LogP contribution in [0.15, 0.2) is 29.4 Å². The van der Waals surface area contributed by atoms with Crippen LogP contribution in [-0.2, 0) is 25.7 Å². The van der Waals surface area contributed by atoms with E-state index >= 15 is 0 Å². The lowest BCUT2D eigenvalue weighted by Gasteiger charge is -2.31. The number of hydrogen-bond donors (Lipinski definition) is 2. The van der Waals surface area contributed by atoms with Crippen molar-refractivity contribution in [2.45, 2.75) is 52.0 Å². The Labute approximate surface area is 202 Å². The number of carbonyl (C=O) groups excluding carboxylic acids is 2. The van der Waals surface area contributed by atoms with E-state index in [0.717, 1.165) is 5.56 Å². The molecule has 2 aliphatic rings. The van der Waals surface area contributed by atoms with Gasteiger partial charge in [-0.25, -0.2) is 14.4 Å². The lowest BCUT2D eigenvalue weighted by molar-refractivity contribution is -0.170. The topological polar surface area (TPSA) is 124 Å². The smallest absolute Gasteiger partial charge is 0.270 e. The van der Waals surface area contributed by atoms with Crippen LogP contribution in [0.5, 0.6) is 0 Å². The van der Waals surface area contributed by atoms with E-state index in [1.54, 1.807) is 32.0 Å². The summed E-state index contributed by atoms with van der Waals surface area (Å²) in [5, 5.41) is 9.68. The highest BCUT2D eigenvalue weighted by Crippen LogP contribution is 2.23. The summed E-state index contributed by atoms with van der Waals surface area (Å²) in [6.07, 6.45) is -0.423. The van der Waals surface area contributed by atoms with Crippen LogP contribution in [-0.4, -0.2) is 65.6 Å². The fourth-order valence-electron chi connectivity index (χ4n) is 3.82. The maximum atomic E-state index is 13.5. The summed E-state index contributed by atoms with van der Waals surface area (Å²) in [5.74, 6) is -0.353. The first-order chi connectivity index (χ1) is 16.8. The lowest BCUT2D eigenvalue weighted by atomic mass is 10.0. The second-order valence-corrected chi connectivity index (χ2v) is 8.60. The molecular weight excluding hydrogens is 457 g/mol. The number of benzene rings is 1. The van der Waals surface area contributed by atoms with Gasteiger partial charge in [0.25, 0.3) is 5.91 Å². The highest BCUT2D eigenvalue weighted by Gasteiger charge is 2.35. The molecule has 11 heteroatoms. The van der Waals surface area contributed by atoms with Crippen LogP contribution in [0, 0.1) is 19.7 Å². The van der Waals surface area contributed by atoms with E-state index in [9.17, 15) is 14.0 Å². The van der Waals surface area contributed by atoms with E-state index < -0.39 is 0 Å². The van der Waals surface area contributed by atoms with E-state index in [1.165, 1.54) is 13.0 Å². The van der Waals surface area contributed by atoms with Crippen molar-refractivity contribution < 1.29 is 28.3 Å². The molecule has 3 heterocycles. The third-order valence-corrected chi connectivity index (χ3v) is 5.72. The number of hydrogen-bond acceptors (Lipinski definition) is 8. The lowest BCUT2D eigenvalue weighted by Crippen LogP contribution is -2.46. The fraction of sp³-hybridized carbons (Fsp3) is 0.458. The quantitative estimate of drug-likeness (QED) is 0.610. The molecular formula is C24H28FN5O5. The Morgan fingerprint density at radius 2 is 1.91 bits per heavy atom. The van der Waals surface area contributed by atoms with Crippen molar-refractivity contribution in [2.75, 3.05) is 19.8 Å². The number of aromatic nitrogens is 2. The number of nitrogens with zero attached hydrogens (tertiary/aromatic N) is 3. The van der Waals surface area contributed by atoms with E-state index in [0.29, 0.717) is 49.0 Å². The standard InChI is InChI=1S/C24H28FN5O5/c1-13-6-16(4-5-18(13)25)9-27-24(32)21-7-19(28-14(2)29-21)20-8-22(35-30-20)23-12-33-17(11-34-23)10-26-15(3)31/h4-7,17,22-23H,8-12H2,1-3H3,(H,26,31)(H,27,32)/t17?,22-,23+/m0/s1. The van der Waals surface area contributed by atoms with Gasteiger partial charge in [0.2, 0.25) is 5.91 Å². The third kappa shape index (κ3) is 6.37. The highest BCUT2D eigenvalue weighted by atomic mass is 19.1. The predicted molar refractivity (Wildman–Crippen MR) is 123 cm³/mol. The van der Waals surface area contributed by atoms with Crippen LogP contribution < -0.4 is 10.6 Å². The van der Waals surface area contributed by atoms with Crippen LogP contribution in [0.25, 0.3) is 0 Å². The third-order valence-electron chi connectivity index (χ3n) is 5.72. The van der Waals surface area contributed by atoms with Crippen LogP contribution in [0.4, 0.5) is 4.39 Å². The Hall–Kier alpha value is -3.44. The van der Waals surface area contributed by atoms with Crippen molar-refractivity contribution in [3.05, 3.63) is 58.4 Å². The molecule has 1 fully saturated rings. The second-order valence-electron chi connectivity index (χ2n) is 8.60. The minimum absolute atomic E-state index is 0.119. The van der Waals surface area contributed by atoms with Crippen LogP contribution in [0.3, 0.4) is 0 Å². The SMILES string of the molecule is CC(=O)NCC1CO[C@@H]([C@@H]2CC(c3cc(C(=O)NCc4ccc(F)c(C)c4)nc(C)n3)=NO2)CO1. The molecule has 1 aromatic heterocycles. The zero-order valence-corrected chi connectivity index (χ0v) is 19.8. The van der Waals surface area contributed by atoms with Crippen molar-refractivity contribution in [2.24, 2.45) is 5.16 Å². The molecule has 4 rings (SSSR count). The molecule has 0 saturated carbocycles. The van der Waals surface area contributed by atoms with Gasteiger partial charge >= 0.3 is 0 Å². The molecule has 35 heavy (non-hydrogen) atoms. The molecule has 1 saturated heterocycles. The second kappa shape index (κ2) is 10.9. The van der Waals surface area contributed by atoms with Gasteiger partial charge in [0, 0.05) is 26.4 Å². The van der Waals surface area contributed by atoms with E-state index in [-0.39, 0.29) is 48.2 Å². The van der Waals surface area contributed by atoms with Gasteiger partial charge in [0.1, 0.15) is 29.2 Å². The van der Waals surface area contributed by atoms with Crippen LogP contribution in [0.2, 0.25) is 0 Å². The van der Waals surface area contributed by atoms with Gasteiger partial charge in [-0.05, 0) is 37.1 Å². The molecule has 186 valence electrons. The Morgan fingerprint density at radius 3 is 2.63 bits per heavy atom. The highest BCUT2D eigenvalue weighted by molar-refractivity contribution is 6.02. The monoisotopic (exact) mass is 485 g/mol. The first kappa shape index (κ1) is 24.7. The maximum Gasteiger partial charge on any atom is 0.270 e. The van der Waals surface area contributed by atoms with Crippen LogP contribution >= 0.6 is 0 Å². The van der Waals surface area contributed by atoms with Crippen molar-refractivity contribution in [1.29, 1.82) is 0 Å². The average Bonchev–Trinajstić information content (AvgIpc) is 3.33. The summed E-state index contributed by atoms with van der Waals surface area (Å²) < 4.78 is 25.1. The summed E-state index contributed by atoms with van der Waals surface area (Å²) in [5.41, 5.74) is 2.60. The molecule has 2 aliphatic heterocycles. The number of carbonyl (C=O) groups is 2. The summed E-state index contributed by atoms with van der Waals surface area (Å²) in [7, 11) is 0. The maximum absolute atomic E-state index is 13.5. The molecule has 0 radical (unpaired) electrons. The van der Waals surface area contributed by atoms with Gasteiger partial charge in [0.15, 0.2) is 6.10 Å². The predicted octanol–water partition coefficient (Wildman–Crippen LogP) is 1.58. The number of oxime groups is 1. The average molecular weight is 486 g/mol. The number of nitrogens with one attached hydrogen (secondary N) is 2. The summed E-state index contributed by atoms with van der Waals surface area (Å²) in [6.45, 7) is 6.11. The first-order valence-corrected chi connectivity index (χ1v) is 11.4. The fourth-order valence-corrected chi connectivity index (χ4v) is 3.82. The zero-order chi connectivity index (χ0) is 24.9. The van der Waals surface area contributed by atoms with Gasteiger partial charge in [-0.3, -0.25) is 9.59 Å². The minimum Gasteiger partial charge on any atom is -0.389 e. The van der Waals surface area contributed by atoms with E-state index in [1.807, 2.05) is 0 Å². The van der Waals surface area contributed by atoms with E-state index in [4.69, 9.17) is 14.3 Å². The minimum atomic E-state index is -0.371. The Balaban J connectivity index is 1.33. The number of amides is 2. The molecule has 10 nitrogen and oxygen atoms in total. The molecule has 2 amide bonds. The normalized spacial score (nSPS) is 21.7. The van der Waals surface area contributed by atoms with Crippen LogP contribution in [0.1, 0.15) is 46.5 Å². The van der Waals surface area contributed by atoms with Gasteiger partial charge in [-0.15, -0.1) is 0 Å². The molecule has 0 bridgehead atoms.